The minimum Gasteiger partial charge on any atom is -0.466 e. The molecule has 0 aliphatic heterocycles. The van der Waals surface area contributed by atoms with Gasteiger partial charge in [-0.05, 0) is 44.4 Å². The molecule has 268 valence electrons. The van der Waals surface area contributed by atoms with Crippen molar-refractivity contribution in [3.05, 3.63) is 0 Å². The highest BCUT2D eigenvalue weighted by Gasteiger charge is 2.20. The molecule has 0 saturated carbocycles. The topological polar surface area (TPSA) is 61.8 Å². The van der Waals surface area contributed by atoms with E-state index in [9.17, 15) is 9.59 Å². The maximum atomic E-state index is 13.2. The predicted octanol–water partition coefficient (Wildman–Crippen LogP) is 12.3. The standard InChI is InChI=1S/C40H78O5/c1-5-9-13-16-19-20-21-24-27-30-39(41)44-34-31-37(36-43-33-12-8-4)32-35-45-40(42)38(28-25-22-17-14-10-6-2)29-26-23-18-15-11-7-3/h37-38H,5-36H2,1-4H3. The van der Waals surface area contributed by atoms with Crippen LogP contribution in [0.5, 0.6) is 0 Å². The lowest BCUT2D eigenvalue weighted by Crippen LogP contribution is -2.21. The molecule has 0 aromatic rings. The van der Waals surface area contributed by atoms with Gasteiger partial charge in [0.05, 0.1) is 19.1 Å². The highest BCUT2D eigenvalue weighted by Crippen LogP contribution is 2.22. The molecule has 0 aromatic heterocycles. The first-order valence-corrected chi connectivity index (χ1v) is 20.0. The molecule has 0 radical (unpaired) electrons. The Balaban J connectivity index is 4.51. The summed E-state index contributed by atoms with van der Waals surface area (Å²) in [6.07, 6.45) is 32.3. The van der Waals surface area contributed by atoms with Gasteiger partial charge in [-0.3, -0.25) is 9.59 Å². The summed E-state index contributed by atoms with van der Waals surface area (Å²) in [6, 6.07) is 0. The Morgan fingerprint density at radius 3 is 1.36 bits per heavy atom. The third-order valence-electron chi connectivity index (χ3n) is 9.19. The Labute approximate surface area is 281 Å². The van der Waals surface area contributed by atoms with E-state index in [1.165, 1.54) is 109 Å². The van der Waals surface area contributed by atoms with Gasteiger partial charge in [0.1, 0.15) is 0 Å². The molecule has 5 nitrogen and oxygen atoms in total. The fraction of sp³-hybridized carbons (Fsp3) is 0.950. The van der Waals surface area contributed by atoms with Gasteiger partial charge in [0, 0.05) is 19.6 Å². The van der Waals surface area contributed by atoms with E-state index in [2.05, 4.69) is 27.7 Å². The zero-order valence-corrected chi connectivity index (χ0v) is 30.8. The first kappa shape index (κ1) is 43.9. The smallest absolute Gasteiger partial charge is 0.308 e. The summed E-state index contributed by atoms with van der Waals surface area (Å²) in [6.45, 7) is 11.2. The van der Waals surface area contributed by atoms with E-state index in [-0.39, 0.29) is 23.8 Å². The molecule has 0 aromatic carbocycles. The zero-order chi connectivity index (χ0) is 33.1. The molecule has 0 spiro atoms. The average Bonchev–Trinajstić information content (AvgIpc) is 3.04. The van der Waals surface area contributed by atoms with Crippen LogP contribution in [-0.4, -0.2) is 38.4 Å². The number of hydrogen-bond acceptors (Lipinski definition) is 5. The summed E-state index contributed by atoms with van der Waals surface area (Å²) in [5.41, 5.74) is 0. The van der Waals surface area contributed by atoms with Gasteiger partial charge in [-0.1, -0.05) is 163 Å². The molecule has 0 heterocycles. The third kappa shape index (κ3) is 31.3. The van der Waals surface area contributed by atoms with Crippen LogP contribution in [0.15, 0.2) is 0 Å². The van der Waals surface area contributed by atoms with Gasteiger partial charge in [-0.2, -0.15) is 0 Å². The van der Waals surface area contributed by atoms with Crippen LogP contribution in [0.25, 0.3) is 0 Å². The Morgan fingerprint density at radius 2 is 0.867 bits per heavy atom. The Morgan fingerprint density at radius 1 is 0.444 bits per heavy atom. The van der Waals surface area contributed by atoms with Gasteiger partial charge in [0.15, 0.2) is 0 Å². The van der Waals surface area contributed by atoms with Crippen LogP contribution in [0.3, 0.4) is 0 Å². The van der Waals surface area contributed by atoms with Crippen molar-refractivity contribution in [2.24, 2.45) is 11.8 Å². The van der Waals surface area contributed by atoms with E-state index in [4.69, 9.17) is 14.2 Å². The van der Waals surface area contributed by atoms with Crippen molar-refractivity contribution in [2.45, 2.75) is 207 Å². The summed E-state index contributed by atoms with van der Waals surface area (Å²) >= 11 is 0. The summed E-state index contributed by atoms with van der Waals surface area (Å²) in [4.78, 5) is 25.5. The maximum absolute atomic E-state index is 13.2. The second-order valence-corrected chi connectivity index (χ2v) is 13.6. The molecule has 0 N–H and O–H groups in total. The Hall–Kier alpha value is -1.10. The van der Waals surface area contributed by atoms with Gasteiger partial charge in [0.2, 0.25) is 0 Å². The van der Waals surface area contributed by atoms with Gasteiger partial charge >= 0.3 is 11.9 Å². The summed E-state index contributed by atoms with van der Waals surface area (Å²) in [5.74, 6) is 0.173. The maximum Gasteiger partial charge on any atom is 0.308 e. The van der Waals surface area contributed by atoms with Gasteiger partial charge in [-0.25, -0.2) is 0 Å². The molecule has 0 amide bonds. The van der Waals surface area contributed by atoms with Crippen LogP contribution >= 0.6 is 0 Å². The highest BCUT2D eigenvalue weighted by molar-refractivity contribution is 5.72. The van der Waals surface area contributed by atoms with Crippen molar-refractivity contribution in [1.82, 2.24) is 0 Å². The number of esters is 2. The minimum atomic E-state index is -0.0812. The van der Waals surface area contributed by atoms with Crippen LogP contribution in [0.2, 0.25) is 0 Å². The van der Waals surface area contributed by atoms with Crippen LogP contribution in [0.4, 0.5) is 0 Å². The van der Waals surface area contributed by atoms with Gasteiger partial charge in [-0.15, -0.1) is 0 Å². The van der Waals surface area contributed by atoms with Crippen molar-refractivity contribution < 1.29 is 23.8 Å². The Kier molecular flexibility index (Phi) is 34.9. The molecule has 45 heavy (non-hydrogen) atoms. The fourth-order valence-corrected chi connectivity index (χ4v) is 5.97. The number of ether oxygens (including phenoxy) is 3. The minimum absolute atomic E-state index is 0.00449. The first-order valence-electron chi connectivity index (χ1n) is 20.0. The SMILES string of the molecule is CCCCCCCCCCCC(=O)OCCC(CCOC(=O)C(CCCCCCCC)CCCCCCCC)COCCCC. The highest BCUT2D eigenvalue weighted by atomic mass is 16.5. The molecule has 0 saturated heterocycles. The van der Waals surface area contributed by atoms with E-state index in [1.807, 2.05) is 0 Å². The second kappa shape index (κ2) is 35.7. The quantitative estimate of drug-likeness (QED) is 0.0505. The van der Waals surface area contributed by atoms with Gasteiger partial charge in [0.25, 0.3) is 0 Å². The molecule has 0 bridgehead atoms. The van der Waals surface area contributed by atoms with Crippen molar-refractivity contribution >= 4 is 11.9 Å². The number of hydrogen-bond donors (Lipinski definition) is 0. The molecule has 5 heteroatoms. The number of carbonyl (C=O) groups is 2. The van der Waals surface area contributed by atoms with Crippen molar-refractivity contribution in [3.63, 3.8) is 0 Å². The van der Waals surface area contributed by atoms with Crippen LogP contribution in [-0.2, 0) is 23.8 Å². The normalized spacial score (nSPS) is 12.1. The number of rotatable bonds is 36. The van der Waals surface area contributed by atoms with E-state index in [0.29, 0.717) is 26.2 Å². The van der Waals surface area contributed by atoms with Crippen molar-refractivity contribution in [3.8, 4) is 0 Å². The van der Waals surface area contributed by atoms with Gasteiger partial charge < -0.3 is 14.2 Å². The molecule has 1 atom stereocenters. The summed E-state index contributed by atoms with van der Waals surface area (Å²) in [5, 5.41) is 0. The van der Waals surface area contributed by atoms with Crippen LogP contribution < -0.4 is 0 Å². The summed E-state index contributed by atoms with van der Waals surface area (Å²) in [7, 11) is 0. The van der Waals surface area contributed by atoms with E-state index >= 15 is 0 Å². The van der Waals surface area contributed by atoms with Crippen molar-refractivity contribution in [1.29, 1.82) is 0 Å². The predicted molar refractivity (Wildman–Crippen MR) is 192 cm³/mol. The molecule has 0 aliphatic rings. The second-order valence-electron chi connectivity index (χ2n) is 13.6. The molecular weight excluding hydrogens is 560 g/mol. The number of unbranched alkanes of at least 4 members (excludes halogenated alkanes) is 19. The molecular formula is C40H78O5. The summed E-state index contributed by atoms with van der Waals surface area (Å²) < 4.78 is 17.4. The first-order chi connectivity index (χ1) is 22.1. The van der Waals surface area contributed by atoms with E-state index < -0.39 is 0 Å². The van der Waals surface area contributed by atoms with E-state index in [0.717, 1.165) is 70.8 Å². The fourth-order valence-electron chi connectivity index (χ4n) is 5.97. The lowest BCUT2D eigenvalue weighted by Gasteiger charge is -2.19. The lowest BCUT2D eigenvalue weighted by molar-refractivity contribution is -0.149. The van der Waals surface area contributed by atoms with Crippen molar-refractivity contribution in [2.75, 3.05) is 26.4 Å². The van der Waals surface area contributed by atoms with Crippen LogP contribution in [0, 0.1) is 11.8 Å². The molecule has 1 unspecified atom stereocenters. The molecule has 0 fully saturated rings. The largest absolute Gasteiger partial charge is 0.466 e. The monoisotopic (exact) mass is 639 g/mol. The number of carbonyl (C=O) groups excluding carboxylic acids is 2. The molecule has 0 rings (SSSR count). The van der Waals surface area contributed by atoms with E-state index in [1.54, 1.807) is 0 Å². The zero-order valence-electron chi connectivity index (χ0n) is 30.8. The lowest BCUT2D eigenvalue weighted by atomic mass is 9.94. The Bertz CT molecular complexity index is 606. The average molecular weight is 639 g/mol. The van der Waals surface area contributed by atoms with Crippen LogP contribution in [0.1, 0.15) is 207 Å². The molecule has 0 aliphatic carbocycles. The third-order valence-corrected chi connectivity index (χ3v) is 9.19.